The van der Waals surface area contributed by atoms with Crippen LogP contribution < -0.4 is 5.32 Å². The van der Waals surface area contributed by atoms with Gasteiger partial charge in [0.05, 0.1) is 18.9 Å². The second-order valence-electron chi connectivity index (χ2n) is 7.54. The Morgan fingerprint density at radius 3 is 2.53 bits per heavy atom. The number of para-hydroxylation sites is 1. The van der Waals surface area contributed by atoms with Crippen LogP contribution in [0.4, 0.5) is 11.4 Å². The van der Waals surface area contributed by atoms with E-state index in [0.29, 0.717) is 30.6 Å². The third-order valence-electron chi connectivity index (χ3n) is 5.24. The number of morpholine rings is 1. The fourth-order valence-electron chi connectivity index (χ4n) is 3.52. The minimum Gasteiger partial charge on any atom is -0.379 e. The fourth-order valence-corrected chi connectivity index (χ4v) is 4.97. The summed E-state index contributed by atoms with van der Waals surface area (Å²) in [5.41, 5.74) is 1.50. The van der Waals surface area contributed by atoms with E-state index in [0.717, 1.165) is 29.8 Å². The number of amides is 2. The maximum absolute atomic E-state index is 13.2. The highest BCUT2D eigenvalue weighted by Gasteiger charge is 2.39. The highest BCUT2D eigenvalue weighted by molar-refractivity contribution is 9.10. The van der Waals surface area contributed by atoms with E-state index in [9.17, 15) is 9.59 Å². The standard InChI is InChI=1S/C23H25BrN4O3S/c24-17-6-8-19(9-7-17)25-21(29)16-20-22(30)28(11-10-27-12-14-31-15-13-27)23(32-20)26-18-4-2-1-3-5-18/h1-9,20H,10-16H2,(H,25,29)/t20-/m1/s1. The van der Waals surface area contributed by atoms with Crippen molar-refractivity contribution in [2.45, 2.75) is 11.7 Å². The van der Waals surface area contributed by atoms with Crippen molar-refractivity contribution in [3.63, 3.8) is 0 Å². The summed E-state index contributed by atoms with van der Waals surface area (Å²) in [6.07, 6.45) is 0.0986. The molecule has 2 aliphatic heterocycles. The summed E-state index contributed by atoms with van der Waals surface area (Å²) in [7, 11) is 0. The van der Waals surface area contributed by atoms with Crippen LogP contribution in [0.15, 0.2) is 64.1 Å². The number of hydrogen-bond donors (Lipinski definition) is 1. The fraction of sp³-hybridized carbons (Fsp3) is 0.348. The molecule has 2 saturated heterocycles. The maximum Gasteiger partial charge on any atom is 0.242 e. The summed E-state index contributed by atoms with van der Waals surface area (Å²) < 4.78 is 6.35. The zero-order valence-corrected chi connectivity index (χ0v) is 20.0. The van der Waals surface area contributed by atoms with Crippen molar-refractivity contribution in [3.8, 4) is 0 Å². The number of halogens is 1. The Kier molecular flexibility index (Phi) is 7.96. The lowest BCUT2D eigenvalue weighted by molar-refractivity contribution is -0.128. The van der Waals surface area contributed by atoms with Gasteiger partial charge in [0.15, 0.2) is 5.17 Å². The highest BCUT2D eigenvalue weighted by Crippen LogP contribution is 2.32. The zero-order valence-electron chi connectivity index (χ0n) is 17.6. The first-order chi connectivity index (χ1) is 15.6. The molecule has 0 radical (unpaired) electrons. The molecular weight excluding hydrogens is 492 g/mol. The minimum atomic E-state index is -0.488. The van der Waals surface area contributed by atoms with Crippen molar-refractivity contribution in [1.29, 1.82) is 0 Å². The Morgan fingerprint density at radius 2 is 1.81 bits per heavy atom. The van der Waals surface area contributed by atoms with E-state index in [1.165, 1.54) is 11.8 Å². The first-order valence-electron chi connectivity index (χ1n) is 10.6. The summed E-state index contributed by atoms with van der Waals surface area (Å²) in [6.45, 7) is 4.45. The van der Waals surface area contributed by atoms with Gasteiger partial charge in [0.1, 0.15) is 5.25 Å². The maximum atomic E-state index is 13.2. The number of aliphatic imine (C=N–C) groups is 1. The third-order valence-corrected chi connectivity index (χ3v) is 6.95. The molecule has 2 aromatic rings. The van der Waals surface area contributed by atoms with E-state index in [1.807, 2.05) is 54.6 Å². The highest BCUT2D eigenvalue weighted by atomic mass is 79.9. The Hall–Kier alpha value is -2.20. The second kappa shape index (κ2) is 11.1. The summed E-state index contributed by atoms with van der Waals surface area (Å²) in [5.74, 6) is -0.254. The Balaban J connectivity index is 1.44. The van der Waals surface area contributed by atoms with E-state index in [2.05, 4.69) is 26.1 Å². The number of anilines is 1. The number of ether oxygens (including phenoxy) is 1. The third kappa shape index (κ3) is 6.19. The lowest BCUT2D eigenvalue weighted by Crippen LogP contribution is -2.43. The smallest absolute Gasteiger partial charge is 0.242 e. The van der Waals surface area contributed by atoms with Gasteiger partial charge in [-0.25, -0.2) is 4.99 Å². The summed E-state index contributed by atoms with van der Waals surface area (Å²) in [6, 6.07) is 17.0. The molecule has 1 N–H and O–H groups in total. The molecule has 2 fully saturated rings. The van der Waals surface area contributed by atoms with Crippen molar-refractivity contribution in [3.05, 3.63) is 59.1 Å². The van der Waals surface area contributed by atoms with E-state index in [4.69, 9.17) is 9.73 Å². The SMILES string of the molecule is O=C(C[C@H]1SC(=Nc2ccccc2)N(CCN2CCOCC2)C1=O)Nc1ccc(Br)cc1. The molecule has 2 heterocycles. The molecule has 0 bridgehead atoms. The van der Waals surface area contributed by atoms with Gasteiger partial charge in [-0.15, -0.1) is 0 Å². The van der Waals surface area contributed by atoms with Crippen LogP contribution in [0.3, 0.4) is 0 Å². The molecular formula is C23H25BrN4O3S. The number of hydrogen-bond acceptors (Lipinski definition) is 6. The van der Waals surface area contributed by atoms with Gasteiger partial charge in [0.2, 0.25) is 11.8 Å². The molecule has 0 aromatic heterocycles. The lowest BCUT2D eigenvalue weighted by atomic mass is 10.2. The Labute approximate surface area is 200 Å². The lowest BCUT2D eigenvalue weighted by Gasteiger charge is -2.28. The van der Waals surface area contributed by atoms with E-state index < -0.39 is 5.25 Å². The largest absolute Gasteiger partial charge is 0.379 e. The molecule has 9 heteroatoms. The normalized spacial score (nSPS) is 20.7. The van der Waals surface area contributed by atoms with Crippen LogP contribution >= 0.6 is 27.7 Å². The van der Waals surface area contributed by atoms with Crippen LogP contribution in [0.1, 0.15) is 6.42 Å². The number of amidine groups is 1. The molecule has 168 valence electrons. The molecule has 0 spiro atoms. The van der Waals surface area contributed by atoms with Crippen molar-refractivity contribution in [2.75, 3.05) is 44.7 Å². The number of nitrogens with zero attached hydrogens (tertiary/aromatic N) is 3. The molecule has 4 rings (SSSR count). The Bertz CT molecular complexity index is 965. The first-order valence-corrected chi connectivity index (χ1v) is 12.2. The number of nitrogens with one attached hydrogen (secondary N) is 1. The average molecular weight is 517 g/mol. The van der Waals surface area contributed by atoms with Crippen LogP contribution in [0.2, 0.25) is 0 Å². The predicted molar refractivity (Wildman–Crippen MR) is 131 cm³/mol. The van der Waals surface area contributed by atoms with Crippen molar-refractivity contribution in [1.82, 2.24) is 9.80 Å². The molecule has 0 aliphatic carbocycles. The zero-order chi connectivity index (χ0) is 22.3. The summed E-state index contributed by atoms with van der Waals surface area (Å²) >= 11 is 4.75. The van der Waals surface area contributed by atoms with Crippen LogP contribution in [-0.2, 0) is 14.3 Å². The number of rotatable bonds is 7. The molecule has 2 amide bonds. The van der Waals surface area contributed by atoms with Crippen LogP contribution in [0.5, 0.6) is 0 Å². The van der Waals surface area contributed by atoms with Gasteiger partial charge in [-0.1, -0.05) is 45.9 Å². The minimum absolute atomic E-state index is 0.0658. The van der Waals surface area contributed by atoms with Crippen LogP contribution in [0.25, 0.3) is 0 Å². The van der Waals surface area contributed by atoms with Gasteiger partial charge in [-0.3, -0.25) is 19.4 Å². The van der Waals surface area contributed by atoms with E-state index in [1.54, 1.807) is 4.90 Å². The first kappa shape index (κ1) is 23.0. The summed E-state index contributed by atoms with van der Waals surface area (Å²) in [4.78, 5) is 34.5. The Morgan fingerprint density at radius 1 is 1.09 bits per heavy atom. The molecule has 0 saturated carbocycles. The van der Waals surface area contributed by atoms with Gasteiger partial charge in [0, 0.05) is 42.8 Å². The molecule has 0 unspecified atom stereocenters. The molecule has 2 aromatic carbocycles. The second-order valence-corrected chi connectivity index (χ2v) is 9.63. The van der Waals surface area contributed by atoms with Crippen molar-refractivity contribution < 1.29 is 14.3 Å². The topological polar surface area (TPSA) is 74.2 Å². The van der Waals surface area contributed by atoms with Crippen molar-refractivity contribution >= 4 is 56.0 Å². The molecule has 7 nitrogen and oxygen atoms in total. The van der Waals surface area contributed by atoms with E-state index >= 15 is 0 Å². The molecule has 1 atom stereocenters. The van der Waals surface area contributed by atoms with Crippen LogP contribution in [-0.4, -0.2) is 71.4 Å². The van der Waals surface area contributed by atoms with Gasteiger partial charge < -0.3 is 10.1 Å². The summed E-state index contributed by atoms with van der Waals surface area (Å²) in [5, 5.41) is 3.03. The van der Waals surface area contributed by atoms with Gasteiger partial charge in [0.25, 0.3) is 0 Å². The van der Waals surface area contributed by atoms with Crippen LogP contribution in [0, 0.1) is 0 Å². The average Bonchev–Trinajstić information content (AvgIpc) is 3.09. The molecule has 2 aliphatic rings. The number of carbonyl (C=O) groups is 2. The quantitative estimate of drug-likeness (QED) is 0.606. The number of benzene rings is 2. The molecule has 32 heavy (non-hydrogen) atoms. The number of carbonyl (C=O) groups excluding carboxylic acids is 2. The van der Waals surface area contributed by atoms with Gasteiger partial charge >= 0.3 is 0 Å². The predicted octanol–water partition coefficient (Wildman–Crippen LogP) is 3.74. The number of thioether (sulfide) groups is 1. The van der Waals surface area contributed by atoms with Gasteiger partial charge in [-0.05, 0) is 36.4 Å². The van der Waals surface area contributed by atoms with E-state index in [-0.39, 0.29) is 18.2 Å². The monoisotopic (exact) mass is 516 g/mol. The van der Waals surface area contributed by atoms with Crippen molar-refractivity contribution in [2.24, 2.45) is 4.99 Å². The van der Waals surface area contributed by atoms with Gasteiger partial charge in [-0.2, -0.15) is 0 Å².